The predicted octanol–water partition coefficient (Wildman–Crippen LogP) is 1.32. The SMILES string of the molecule is CCC(CO)C(O)(Cn1cncn1)c1ccc(F)cc1. The van der Waals surface area contributed by atoms with E-state index in [2.05, 4.69) is 10.1 Å². The predicted molar refractivity (Wildman–Crippen MR) is 71.2 cm³/mol. The van der Waals surface area contributed by atoms with Gasteiger partial charge < -0.3 is 10.2 Å². The minimum absolute atomic E-state index is 0.150. The smallest absolute Gasteiger partial charge is 0.137 e. The summed E-state index contributed by atoms with van der Waals surface area (Å²) in [5, 5.41) is 24.5. The van der Waals surface area contributed by atoms with E-state index < -0.39 is 5.60 Å². The Bertz CT molecular complexity index is 526. The van der Waals surface area contributed by atoms with E-state index in [1.165, 1.54) is 41.6 Å². The van der Waals surface area contributed by atoms with Gasteiger partial charge in [-0.3, -0.25) is 0 Å². The Balaban J connectivity index is 2.39. The molecule has 108 valence electrons. The lowest BCUT2D eigenvalue weighted by atomic mass is 9.80. The van der Waals surface area contributed by atoms with Crippen LogP contribution >= 0.6 is 0 Å². The first-order valence-electron chi connectivity index (χ1n) is 6.52. The summed E-state index contributed by atoms with van der Waals surface area (Å²) in [6, 6.07) is 5.66. The fraction of sp³-hybridized carbons (Fsp3) is 0.429. The topological polar surface area (TPSA) is 71.2 Å². The number of benzene rings is 1. The van der Waals surface area contributed by atoms with Gasteiger partial charge in [0.1, 0.15) is 24.1 Å². The first-order chi connectivity index (χ1) is 9.60. The van der Waals surface area contributed by atoms with Gasteiger partial charge >= 0.3 is 0 Å². The number of nitrogens with zero attached hydrogens (tertiary/aromatic N) is 3. The van der Waals surface area contributed by atoms with Crippen LogP contribution < -0.4 is 0 Å². The average Bonchev–Trinajstić information content (AvgIpc) is 2.93. The Kier molecular flexibility index (Phi) is 4.46. The first-order valence-corrected chi connectivity index (χ1v) is 6.52. The molecule has 0 fully saturated rings. The highest BCUT2D eigenvalue weighted by atomic mass is 19.1. The number of halogens is 1. The third-order valence-electron chi connectivity index (χ3n) is 3.60. The summed E-state index contributed by atoms with van der Waals surface area (Å²) in [5.41, 5.74) is -0.777. The summed E-state index contributed by atoms with van der Waals surface area (Å²) in [6.45, 7) is 1.87. The Labute approximate surface area is 116 Å². The highest BCUT2D eigenvalue weighted by molar-refractivity contribution is 5.24. The summed E-state index contributed by atoms with van der Waals surface area (Å²) < 4.78 is 14.6. The molecule has 0 aliphatic rings. The molecular formula is C14H18FN3O2. The van der Waals surface area contributed by atoms with Gasteiger partial charge in [0.25, 0.3) is 0 Å². The van der Waals surface area contributed by atoms with Gasteiger partial charge in [-0.05, 0) is 24.1 Å². The summed E-state index contributed by atoms with van der Waals surface area (Å²) in [7, 11) is 0. The lowest BCUT2D eigenvalue weighted by Crippen LogP contribution is -2.41. The van der Waals surface area contributed by atoms with E-state index >= 15 is 0 Å². The van der Waals surface area contributed by atoms with Crippen LogP contribution in [0.15, 0.2) is 36.9 Å². The van der Waals surface area contributed by atoms with Crippen LogP contribution in [0.25, 0.3) is 0 Å². The van der Waals surface area contributed by atoms with Crippen molar-refractivity contribution in [2.75, 3.05) is 6.61 Å². The molecule has 0 aliphatic heterocycles. The monoisotopic (exact) mass is 279 g/mol. The third-order valence-corrected chi connectivity index (χ3v) is 3.60. The molecule has 20 heavy (non-hydrogen) atoms. The van der Waals surface area contributed by atoms with Crippen molar-refractivity contribution in [3.8, 4) is 0 Å². The number of hydrogen-bond acceptors (Lipinski definition) is 4. The molecule has 0 spiro atoms. The molecular weight excluding hydrogens is 261 g/mol. The average molecular weight is 279 g/mol. The van der Waals surface area contributed by atoms with Crippen LogP contribution in [0.5, 0.6) is 0 Å². The van der Waals surface area contributed by atoms with Crippen molar-refractivity contribution in [1.82, 2.24) is 14.8 Å². The fourth-order valence-corrected chi connectivity index (χ4v) is 2.37. The first kappa shape index (κ1) is 14.6. The van der Waals surface area contributed by atoms with Crippen molar-refractivity contribution in [2.45, 2.75) is 25.5 Å². The van der Waals surface area contributed by atoms with Crippen molar-refractivity contribution >= 4 is 0 Å². The second-order valence-corrected chi connectivity index (χ2v) is 4.81. The third kappa shape index (κ3) is 2.86. The zero-order valence-electron chi connectivity index (χ0n) is 11.3. The summed E-state index contributed by atoms with van der Waals surface area (Å²) >= 11 is 0. The maximum absolute atomic E-state index is 13.1. The standard InChI is InChI=1S/C14H18FN3O2/c1-2-11(7-19)14(20,8-18-10-16-9-17-18)12-3-5-13(15)6-4-12/h3-6,9-11,19-20H,2,7-8H2,1H3. The normalized spacial score (nSPS) is 15.8. The van der Waals surface area contributed by atoms with E-state index in [1.807, 2.05) is 6.92 Å². The molecule has 0 bridgehead atoms. The fourth-order valence-electron chi connectivity index (χ4n) is 2.37. The van der Waals surface area contributed by atoms with Crippen LogP contribution in [0.2, 0.25) is 0 Å². The molecule has 0 aliphatic carbocycles. The zero-order chi connectivity index (χ0) is 14.6. The molecule has 2 N–H and O–H groups in total. The molecule has 1 aromatic carbocycles. The van der Waals surface area contributed by atoms with Gasteiger partial charge in [0.2, 0.25) is 0 Å². The van der Waals surface area contributed by atoms with Gasteiger partial charge in [-0.15, -0.1) is 0 Å². The maximum atomic E-state index is 13.1. The Morgan fingerprint density at radius 2 is 2.05 bits per heavy atom. The van der Waals surface area contributed by atoms with Crippen LogP contribution in [0, 0.1) is 11.7 Å². The van der Waals surface area contributed by atoms with Gasteiger partial charge in [-0.1, -0.05) is 19.1 Å². The molecule has 1 aromatic heterocycles. The van der Waals surface area contributed by atoms with Crippen molar-refractivity contribution in [3.63, 3.8) is 0 Å². The number of aliphatic hydroxyl groups is 2. The van der Waals surface area contributed by atoms with Crippen molar-refractivity contribution in [2.24, 2.45) is 5.92 Å². The number of aromatic nitrogens is 3. The molecule has 0 amide bonds. The Morgan fingerprint density at radius 1 is 1.35 bits per heavy atom. The summed E-state index contributed by atoms with van der Waals surface area (Å²) in [5.74, 6) is -0.744. The van der Waals surface area contributed by atoms with Crippen molar-refractivity contribution in [1.29, 1.82) is 0 Å². The van der Waals surface area contributed by atoms with E-state index in [0.29, 0.717) is 12.0 Å². The van der Waals surface area contributed by atoms with E-state index in [0.717, 1.165) is 0 Å². The second-order valence-electron chi connectivity index (χ2n) is 4.81. The molecule has 2 atom stereocenters. The van der Waals surface area contributed by atoms with Crippen LogP contribution in [0.4, 0.5) is 4.39 Å². The number of aliphatic hydroxyl groups excluding tert-OH is 1. The van der Waals surface area contributed by atoms with Crippen LogP contribution in [0.3, 0.4) is 0 Å². The highest BCUT2D eigenvalue weighted by Gasteiger charge is 2.38. The van der Waals surface area contributed by atoms with E-state index in [9.17, 15) is 14.6 Å². The summed E-state index contributed by atoms with van der Waals surface area (Å²) in [4.78, 5) is 3.84. The van der Waals surface area contributed by atoms with Gasteiger partial charge in [0.05, 0.1) is 6.54 Å². The van der Waals surface area contributed by atoms with Crippen molar-refractivity contribution < 1.29 is 14.6 Å². The lowest BCUT2D eigenvalue weighted by molar-refractivity contribution is -0.0628. The summed E-state index contributed by atoms with van der Waals surface area (Å²) in [6.07, 6.45) is 3.46. The highest BCUT2D eigenvalue weighted by Crippen LogP contribution is 2.33. The Hall–Kier alpha value is -1.79. The lowest BCUT2D eigenvalue weighted by Gasteiger charge is -2.35. The molecule has 0 radical (unpaired) electrons. The van der Waals surface area contributed by atoms with Gasteiger partial charge in [-0.2, -0.15) is 5.10 Å². The Morgan fingerprint density at radius 3 is 2.55 bits per heavy atom. The minimum atomic E-state index is -1.33. The van der Waals surface area contributed by atoms with Crippen LogP contribution in [0.1, 0.15) is 18.9 Å². The molecule has 1 heterocycles. The molecule has 5 nitrogen and oxygen atoms in total. The largest absolute Gasteiger partial charge is 0.396 e. The zero-order valence-corrected chi connectivity index (χ0v) is 11.3. The van der Waals surface area contributed by atoms with Gasteiger partial charge in [0, 0.05) is 12.5 Å². The molecule has 0 saturated heterocycles. The molecule has 2 rings (SSSR count). The van der Waals surface area contributed by atoms with E-state index in [-0.39, 0.29) is 24.9 Å². The molecule has 0 saturated carbocycles. The molecule has 2 unspecified atom stereocenters. The van der Waals surface area contributed by atoms with E-state index in [1.54, 1.807) is 0 Å². The molecule has 2 aromatic rings. The van der Waals surface area contributed by atoms with Gasteiger partial charge in [0.15, 0.2) is 0 Å². The van der Waals surface area contributed by atoms with E-state index in [4.69, 9.17) is 0 Å². The van der Waals surface area contributed by atoms with Gasteiger partial charge in [-0.25, -0.2) is 14.1 Å². The van der Waals surface area contributed by atoms with Crippen molar-refractivity contribution in [3.05, 3.63) is 48.3 Å². The molecule has 6 heteroatoms. The quantitative estimate of drug-likeness (QED) is 0.836. The van der Waals surface area contributed by atoms with Crippen LogP contribution in [-0.2, 0) is 12.1 Å². The second kappa shape index (κ2) is 6.11. The van der Waals surface area contributed by atoms with Crippen LogP contribution in [-0.4, -0.2) is 31.6 Å². The maximum Gasteiger partial charge on any atom is 0.137 e. The number of rotatable bonds is 6. The number of hydrogen-bond donors (Lipinski definition) is 2. The minimum Gasteiger partial charge on any atom is -0.396 e.